The van der Waals surface area contributed by atoms with Crippen LogP contribution >= 0.6 is 0 Å². The highest BCUT2D eigenvalue weighted by Crippen LogP contribution is 2.12. The number of rotatable bonds is 5. The Labute approximate surface area is 138 Å². The molecule has 2 rings (SSSR count). The zero-order valence-corrected chi connectivity index (χ0v) is 13.5. The number of hydrogen-bond acceptors (Lipinski definition) is 5. The van der Waals surface area contributed by atoms with Crippen molar-refractivity contribution in [3.05, 3.63) is 0 Å². The Morgan fingerprint density at radius 3 is 2.00 bits per heavy atom. The maximum Gasteiger partial charge on any atom is 0.405 e. The Hall–Kier alpha value is -1.39. The fraction of sp³-hybridized carbons (Fsp3) is 0.857. The Balaban J connectivity index is 1.64. The van der Waals surface area contributed by atoms with Gasteiger partial charge in [0.1, 0.15) is 6.54 Å². The highest BCUT2D eigenvalue weighted by atomic mass is 19.4. The van der Waals surface area contributed by atoms with Crippen molar-refractivity contribution >= 4 is 11.8 Å². The molecule has 2 fully saturated rings. The van der Waals surface area contributed by atoms with E-state index >= 15 is 0 Å². The lowest BCUT2D eigenvalue weighted by atomic mass is 10.3. The second-order valence-corrected chi connectivity index (χ2v) is 5.94. The number of carbonyl (C=O) groups excluding carboxylic acids is 2. The molecule has 0 aromatic heterocycles. The fourth-order valence-electron chi connectivity index (χ4n) is 2.67. The van der Waals surface area contributed by atoms with Crippen LogP contribution in [0.15, 0.2) is 0 Å². The molecule has 1 N–H and O–H groups in total. The van der Waals surface area contributed by atoms with Crippen molar-refractivity contribution in [3.63, 3.8) is 0 Å². The summed E-state index contributed by atoms with van der Waals surface area (Å²) in [5.41, 5.74) is 0. The van der Waals surface area contributed by atoms with Gasteiger partial charge in [0.05, 0.1) is 26.3 Å². The molecule has 0 saturated carbocycles. The van der Waals surface area contributed by atoms with E-state index in [1.807, 2.05) is 10.2 Å². The second kappa shape index (κ2) is 8.63. The molecule has 0 aromatic rings. The first-order chi connectivity index (χ1) is 11.3. The number of carbonyl (C=O) groups is 2. The van der Waals surface area contributed by atoms with Crippen LogP contribution in [0.5, 0.6) is 0 Å². The molecule has 0 aromatic carbocycles. The van der Waals surface area contributed by atoms with Crippen LogP contribution in [-0.2, 0) is 14.3 Å². The third-order valence-corrected chi connectivity index (χ3v) is 4.04. The van der Waals surface area contributed by atoms with Gasteiger partial charge in [-0.15, -0.1) is 0 Å². The third kappa shape index (κ3) is 6.62. The molecule has 0 unspecified atom stereocenters. The minimum atomic E-state index is -4.39. The van der Waals surface area contributed by atoms with Gasteiger partial charge in [0, 0.05) is 39.3 Å². The predicted molar refractivity (Wildman–Crippen MR) is 79.3 cm³/mol. The minimum absolute atomic E-state index is 0.0542. The molecule has 7 nitrogen and oxygen atoms in total. The molecular weight excluding hydrogens is 329 g/mol. The van der Waals surface area contributed by atoms with Crippen LogP contribution < -0.4 is 5.32 Å². The van der Waals surface area contributed by atoms with E-state index in [2.05, 4.69) is 0 Å². The van der Waals surface area contributed by atoms with Crippen LogP contribution in [0.4, 0.5) is 13.2 Å². The maximum absolute atomic E-state index is 12.1. The summed E-state index contributed by atoms with van der Waals surface area (Å²) in [6, 6.07) is 0. The largest absolute Gasteiger partial charge is 0.405 e. The average molecular weight is 352 g/mol. The Morgan fingerprint density at radius 1 is 0.917 bits per heavy atom. The molecule has 0 radical (unpaired) electrons. The first kappa shape index (κ1) is 18.9. The number of nitrogens with zero attached hydrogens (tertiary/aromatic N) is 3. The molecule has 2 amide bonds. The number of amides is 2. The van der Waals surface area contributed by atoms with Gasteiger partial charge in [-0.1, -0.05) is 0 Å². The number of piperazine rings is 1. The average Bonchev–Trinajstić information content (AvgIpc) is 2.55. The number of morpholine rings is 1. The minimum Gasteiger partial charge on any atom is -0.378 e. The normalized spacial score (nSPS) is 20.9. The van der Waals surface area contributed by atoms with E-state index in [9.17, 15) is 22.8 Å². The van der Waals surface area contributed by atoms with Gasteiger partial charge in [-0.3, -0.25) is 19.4 Å². The number of halogens is 3. The smallest absolute Gasteiger partial charge is 0.378 e. The van der Waals surface area contributed by atoms with Crippen molar-refractivity contribution in [2.75, 3.05) is 72.1 Å². The lowest BCUT2D eigenvalue weighted by Crippen LogP contribution is -2.53. The molecule has 10 heteroatoms. The molecule has 2 aliphatic heterocycles. The molecule has 2 aliphatic rings. The zero-order valence-electron chi connectivity index (χ0n) is 13.5. The zero-order chi connectivity index (χ0) is 17.6. The van der Waals surface area contributed by atoms with Crippen molar-refractivity contribution in [2.24, 2.45) is 0 Å². The van der Waals surface area contributed by atoms with Crippen molar-refractivity contribution in [1.82, 2.24) is 20.0 Å². The Morgan fingerprint density at radius 2 is 1.46 bits per heavy atom. The highest BCUT2D eigenvalue weighted by Gasteiger charge is 2.28. The van der Waals surface area contributed by atoms with Gasteiger partial charge in [0.25, 0.3) is 0 Å². The van der Waals surface area contributed by atoms with Gasteiger partial charge in [-0.05, 0) is 0 Å². The SMILES string of the molecule is O=C(CN1CCN(CC(=O)N2CCOCC2)CC1)NCC(F)(F)F. The molecule has 0 aliphatic carbocycles. The summed E-state index contributed by atoms with van der Waals surface area (Å²) in [6.45, 7) is 3.64. The third-order valence-electron chi connectivity index (χ3n) is 4.04. The Bertz CT molecular complexity index is 433. The topological polar surface area (TPSA) is 65.1 Å². The van der Waals surface area contributed by atoms with E-state index in [4.69, 9.17) is 4.74 Å². The Kier molecular flexibility index (Phi) is 6.81. The first-order valence-electron chi connectivity index (χ1n) is 7.97. The van der Waals surface area contributed by atoms with Crippen molar-refractivity contribution in [2.45, 2.75) is 6.18 Å². The van der Waals surface area contributed by atoms with Crippen molar-refractivity contribution < 1.29 is 27.5 Å². The van der Waals surface area contributed by atoms with Gasteiger partial charge in [0.2, 0.25) is 11.8 Å². The van der Waals surface area contributed by atoms with E-state index in [0.717, 1.165) is 0 Å². The monoisotopic (exact) mass is 352 g/mol. The summed E-state index contributed by atoms with van der Waals surface area (Å²) >= 11 is 0. The van der Waals surface area contributed by atoms with Crippen LogP contribution in [0.3, 0.4) is 0 Å². The number of ether oxygens (including phenoxy) is 1. The molecular formula is C14H23F3N4O3. The molecule has 0 atom stereocenters. The lowest BCUT2D eigenvalue weighted by Gasteiger charge is -2.35. The van der Waals surface area contributed by atoms with Crippen molar-refractivity contribution in [1.29, 1.82) is 0 Å². The second-order valence-electron chi connectivity index (χ2n) is 5.94. The highest BCUT2D eigenvalue weighted by molar-refractivity contribution is 5.78. The predicted octanol–water partition coefficient (Wildman–Crippen LogP) is -0.859. The summed E-state index contributed by atoms with van der Waals surface area (Å²) in [6.07, 6.45) is -4.39. The maximum atomic E-state index is 12.1. The summed E-state index contributed by atoms with van der Waals surface area (Å²) in [5.74, 6) is -0.570. The molecule has 2 saturated heterocycles. The van der Waals surface area contributed by atoms with E-state index in [1.165, 1.54) is 0 Å². The molecule has 0 spiro atoms. The van der Waals surface area contributed by atoms with E-state index < -0.39 is 18.6 Å². The summed E-state index contributed by atoms with van der Waals surface area (Å²) < 4.78 is 41.3. The van der Waals surface area contributed by atoms with Gasteiger partial charge < -0.3 is 15.0 Å². The fourth-order valence-corrected chi connectivity index (χ4v) is 2.67. The summed E-state index contributed by atoms with van der Waals surface area (Å²) in [5, 5.41) is 1.86. The molecule has 0 bridgehead atoms. The van der Waals surface area contributed by atoms with Gasteiger partial charge in [-0.2, -0.15) is 13.2 Å². The van der Waals surface area contributed by atoms with E-state index in [1.54, 1.807) is 9.80 Å². The van der Waals surface area contributed by atoms with Crippen LogP contribution in [0.1, 0.15) is 0 Å². The quantitative estimate of drug-likeness (QED) is 0.698. The van der Waals surface area contributed by atoms with Gasteiger partial charge in [0.15, 0.2) is 0 Å². The first-order valence-corrected chi connectivity index (χ1v) is 7.97. The van der Waals surface area contributed by atoms with Crippen LogP contribution in [0.25, 0.3) is 0 Å². The number of nitrogens with one attached hydrogen (secondary N) is 1. The van der Waals surface area contributed by atoms with Crippen LogP contribution in [0, 0.1) is 0 Å². The standard InChI is InChI=1S/C14H23F3N4O3/c15-14(16,17)11-18-12(22)9-19-1-3-20(4-2-19)10-13(23)21-5-7-24-8-6-21/h1-11H2,(H,18,22). The van der Waals surface area contributed by atoms with E-state index in [-0.39, 0.29) is 12.5 Å². The number of hydrogen-bond donors (Lipinski definition) is 1. The van der Waals surface area contributed by atoms with Gasteiger partial charge in [-0.25, -0.2) is 0 Å². The van der Waals surface area contributed by atoms with E-state index in [0.29, 0.717) is 59.0 Å². The lowest BCUT2D eigenvalue weighted by molar-refractivity contribution is -0.139. The van der Waals surface area contributed by atoms with Crippen LogP contribution in [0.2, 0.25) is 0 Å². The number of alkyl halides is 3. The van der Waals surface area contributed by atoms with Crippen molar-refractivity contribution in [3.8, 4) is 0 Å². The van der Waals surface area contributed by atoms with Crippen LogP contribution in [-0.4, -0.2) is 105 Å². The summed E-state index contributed by atoms with van der Waals surface area (Å²) in [4.78, 5) is 29.2. The van der Waals surface area contributed by atoms with Gasteiger partial charge >= 0.3 is 6.18 Å². The molecule has 2 heterocycles. The summed E-state index contributed by atoms with van der Waals surface area (Å²) in [7, 11) is 0. The molecule has 138 valence electrons. The molecule has 24 heavy (non-hydrogen) atoms.